The molecule has 1 aromatic rings. The van der Waals surface area contributed by atoms with Gasteiger partial charge in [0.25, 0.3) is 0 Å². The third kappa shape index (κ3) is 3.31. The molecule has 1 fully saturated rings. The maximum absolute atomic E-state index is 4.07. The first-order chi connectivity index (χ1) is 7.86. The summed E-state index contributed by atoms with van der Waals surface area (Å²) >= 11 is 0. The third-order valence-electron chi connectivity index (χ3n) is 3.64. The Labute approximate surface area is 98.5 Å². The van der Waals surface area contributed by atoms with E-state index in [1.807, 2.05) is 12.4 Å². The molecule has 0 spiro atoms. The average Bonchev–Trinajstić information content (AvgIpc) is 2.38. The van der Waals surface area contributed by atoms with Gasteiger partial charge in [0.15, 0.2) is 0 Å². The highest BCUT2D eigenvalue weighted by molar-refractivity contribution is 5.14. The van der Waals surface area contributed by atoms with E-state index in [-0.39, 0.29) is 0 Å². The highest BCUT2D eigenvalue weighted by Gasteiger charge is 2.14. The first-order valence-electron chi connectivity index (χ1n) is 6.49. The van der Waals surface area contributed by atoms with Gasteiger partial charge in [-0.05, 0) is 55.8 Å². The molecule has 1 aromatic heterocycles. The quantitative estimate of drug-likeness (QED) is 0.840. The molecule has 0 amide bonds. The smallest absolute Gasteiger partial charge is 0.0270 e. The molecule has 2 atom stereocenters. The lowest BCUT2D eigenvalue weighted by atomic mass is 9.92. The molecule has 1 aliphatic rings. The summed E-state index contributed by atoms with van der Waals surface area (Å²) in [7, 11) is 0. The fourth-order valence-corrected chi connectivity index (χ4v) is 2.48. The molecule has 88 valence electrons. The first kappa shape index (κ1) is 11.6. The summed E-state index contributed by atoms with van der Waals surface area (Å²) in [4.78, 5) is 4.07. The predicted molar refractivity (Wildman–Crippen MR) is 67.5 cm³/mol. The van der Waals surface area contributed by atoms with Gasteiger partial charge in [-0.2, -0.15) is 0 Å². The molecule has 0 aliphatic carbocycles. The van der Waals surface area contributed by atoms with E-state index in [0.29, 0.717) is 5.92 Å². The van der Waals surface area contributed by atoms with Crippen molar-refractivity contribution in [3.8, 4) is 0 Å². The molecule has 2 heterocycles. The average molecular weight is 218 g/mol. The Morgan fingerprint density at radius 1 is 1.38 bits per heavy atom. The minimum atomic E-state index is 0.659. The van der Waals surface area contributed by atoms with Crippen molar-refractivity contribution in [3.05, 3.63) is 30.1 Å². The molecule has 1 aliphatic heterocycles. The second kappa shape index (κ2) is 6.00. The zero-order valence-corrected chi connectivity index (χ0v) is 10.2. The molecule has 1 N–H and O–H groups in total. The number of hydrogen-bond donors (Lipinski definition) is 1. The Morgan fingerprint density at radius 2 is 2.19 bits per heavy atom. The lowest BCUT2D eigenvalue weighted by Gasteiger charge is -2.24. The molecule has 0 aromatic carbocycles. The van der Waals surface area contributed by atoms with Crippen LogP contribution in [0.15, 0.2) is 24.5 Å². The van der Waals surface area contributed by atoms with E-state index in [9.17, 15) is 0 Å². The van der Waals surface area contributed by atoms with Crippen molar-refractivity contribution in [3.63, 3.8) is 0 Å². The Morgan fingerprint density at radius 3 is 2.88 bits per heavy atom. The highest BCUT2D eigenvalue weighted by Crippen LogP contribution is 2.22. The molecule has 0 saturated carbocycles. The van der Waals surface area contributed by atoms with Crippen LogP contribution in [0.25, 0.3) is 0 Å². The SMILES string of the molecule is C[C@@H](CC[C@H]1CCCCN1)c1ccncc1. The Kier molecular flexibility index (Phi) is 4.34. The fraction of sp³-hybridized carbons (Fsp3) is 0.643. The van der Waals surface area contributed by atoms with Crippen molar-refractivity contribution in [2.75, 3.05) is 6.54 Å². The predicted octanol–water partition coefficient (Wildman–Crippen LogP) is 3.11. The number of aromatic nitrogens is 1. The van der Waals surface area contributed by atoms with Gasteiger partial charge in [0.1, 0.15) is 0 Å². The molecule has 1 saturated heterocycles. The second-order valence-electron chi connectivity index (χ2n) is 4.91. The lowest BCUT2D eigenvalue weighted by molar-refractivity contribution is 0.368. The van der Waals surface area contributed by atoms with Gasteiger partial charge >= 0.3 is 0 Å². The highest BCUT2D eigenvalue weighted by atomic mass is 14.9. The summed E-state index contributed by atoms with van der Waals surface area (Å²) in [6, 6.07) is 5.04. The summed E-state index contributed by atoms with van der Waals surface area (Å²) in [5.41, 5.74) is 1.42. The van der Waals surface area contributed by atoms with E-state index >= 15 is 0 Å². The van der Waals surface area contributed by atoms with Gasteiger partial charge < -0.3 is 5.32 Å². The number of nitrogens with zero attached hydrogens (tertiary/aromatic N) is 1. The summed E-state index contributed by atoms with van der Waals surface area (Å²) in [5.74, 6) is 0.659. The number of rotatable bonds is 4. The lowest BCUT2D eigenvalue weighted by Crippen LogP contribution is -2.34. The van der Waals surface area contributed by atoms with Gasteiger partial charge in [0, 0.05) is 18.4 Å². The van der Waals surface area contributed by atoms with Crippen LogP contribution >= 0.6 is 0 Å². The topological polar surface area (TPSA) is 24.9 Å². The van der Waals surface area contributed by atoms with Crippen molar-refractivity contribution < 1.29 is 0 Å². The Balaban J connectivity index is 1.77. The maximum atomic E-state index is 4.07. The zero-order chi connectivity index (χ0) is 11.2. The molecule has 0 unspecified atom stereocenters. The molecule has 2 rings (SSSR count). The Bertz CT molecular complexity index is 291. The number of piperidine rings is 1. The summed E-state index contributed by atoms with van der Waals surface area (Å²) in [5, 5.41) is 3.61. The molecular formula is C14H22N2. The van der Waals surface area contributed by atoms with Crippen LogP contribution in [0.2, 0.25) is 0 Å². The van der Waals surface area contributed by atoms with Gasteiger partial charge in [0.2, 0.25) is 0 Å². The van der Waals surface area contributed by atoms with Crippen LogP contribution in [0.1, 0.15) is 50.5 Å². The third-order valence-corrected chi connectivity index (χ3v) is 3.64. The normalized spacial score (nSPS) is 22.9. The van der Waals surface area contributed by atoms with Crippen molar-refractivity contribution in [1.29, 1.82) is 0 Å². The van der Waals surface area contributed by atoms with Crippen LogP contribution in [0.3, 0.4) is 0 Å². The molecule has 16 heavy (non-hydrogen) atoms. The zero-order valence-electron chi connectivity index (χ0n) is 10.2. The van der Waals surface area contributed by atoms with Crippen molar-refractivity contribution in [1.82, 2.24) is 10.3 Å². The van der Waals surface area contributed by atoms with E-state index in [0.717, 1.165) is 6.04 Å². The second-order valence-corrected chi connectivity index (χ2v) is 4.91. The molecule has 2 heteroatoms. The van der Waals surface area contributed by atoms with Crippen LogP contribution in [0.4, 0.5) is 0 Å². The van der Waals surface area contributed by atoms with Crippen LogP contribution in [-0.4, -0.2) is 17.6 Å². The molecular weight excluding hydrogens is 196 g/mol. The monoisotopic (exact) mass is 218 g/mol. The van der Waals surface area contributed by atoms with Crippen LogP contribution in [-0.2, 0) is 0 Å². The van der Waals surface area contributed by atoms with Crippen LogP contribution in [0.5, 0.6) is 0 Å². The fourth-order valence-electron chi connectivity index (χ4n) is 2.48. The number of pyridine rings is 1. The van der Waals surface area contributed by atoms with Crippen molar-refractivity contribution in [2.24, 2.45) is 0 Å². The van der Waals surface area contributed by atoms with Crippen LogP contribution in [0, 0.1) is 0 Å². The van der Waals surface area contributed by atoms with Gasteiger partial charge in [-0.15, -0.1) is 0 Å². The van der Waals surface area contributed by atoms with E-state index in [1.54, 1.807) is 0 Å². The van der Waals surface area contributed by atoms with Crippen LogP contribution < -0.4 is 5.32 Å². The van der Waals surface area contributed by atoms with Gasteiger partial charge in [-0.25, -0.2) is 0 Å². The largest absolute Gasteiger partial charge is 0.314 e. The number of hydrogen-bond acceptors (Lipinski definition) is 2. The first-order valence-corrected chi connectivity index (χ1v) is 6.49. The summed E-state index contributed by atoms with van der Waals surface area (Å²) in [6.45, 7) is 3.53. The van der Waals surface area contributed by atoms with E-state index in [4.69, 9.17) is 0 Å². The van der Waals surface area contributed by atoms with Gasteiger partial charge in [-0.1, -0.05) is 13.3 Å². The summed E-state index contributed by atoms with van der Waals surface area (Å²) < 4.78 is 0. The van der Waals surface area contributed by atoms with E-state index < -0.39 is 0 Å². The molecule has 2 nitrogen and oxygen atoms in total. The van der Waals surface area contributed by atoms with Gasteiger partial charge in [0.05, 0.1) is 0 Å². The van der Waals surface area contributed by atoms with E-state index in [2.05, 4.69) is 29.4 Å². The van der Waals surface area contributed by atoms with Crippen molar-refractivity contribution >= 4 is 0 Å². The minimum absolute atomic E-state index is 0.659. The van der Waals surface area contributed by atoms with E-state index in [1.165, 1.54) is 44.2 Å². The van der Waals surface area contributed by atoms with Crippen molar-refractivity contribution in [2.45, 2.75) is 51.0 Å². The minimum Gasteiger partial charge on any atom is -0.314 e. The summed E-state index contributed by atoms with van der Waals surface area (Å²) in [6.07, 6.45) is 10.5. The maximum Gasteiger partial charge on any atom is 0.0270 e. The molecule has 0 bridgehead atoms. The number of nitrogens with one attached hydrogen (secondary N) is 1. The van der Waals surface area contributed by atoms with Gasteiger partial charge in [-0.3, -0.25) is 4.98 Å². The molecule has 0 radical (unpaired) electrons. The standard InChI is InChI=1S/C14H22N2/c1-12(13-7-10-15-11-8-13)5-6-14-4-2-3-9-16-14/h7-8,10-12,14,16H,2-6,9H2,1H3/t12-,14+/m0/s1. The Hall–Kier alpha value is -0.890.